The molecule has 0 aromatic heterocycles. The average molecular weight is 376 g/mol. The van der Waals surface area contributed by atoms with Crippen molar-refractivity contribution in [2.24, 2.45) is 4.99 Å². The predicted molar refractivity (Wildman–Crippen MR) is 114 cm³/mol. The second-order valence-corrected chi connectivity index (χ2v) is 6.93. The molecule has 2 rings (SSSR count). The van der Waals surface area contributed by atoms with Crippen molar-refractivity contribution in [2.75, 3.05) is 26.2 Å². The van der Waals surface area contributed by atoms with Crippen LogP contribution in [0.5, 0.6) is 0 Å². The van der Waals surface area contributed by atoms with Gasteiger partial charge in [-0.2, -0.15) is 0 Å². The molecule has 0 aromatic carbocycles. The smallest absolute Gasteiger partial charge is 0.222 e. The number of amides is 1. The van der Waals surface area contributed by atoms with E-state index in [2.05, 4.69) is 23.7 Å². The summed E-state index contributed by atoms with van der Waals surface area (Å²) in [7, 11) is 0. The number of hydrogen-bond acceptors (Lipinski definition) is 4. The summed E-state index contributed by atoms with van der Waals surface area (Å²) in [5.74, 6) is 0.176. The molecule has 1 saturated heterocycles. The molecule has 1 fully saturated rings. The van der Waals surface area contributed by atoms with Gasteiger partial charge < -0.3 is 14.9 Å². The summed E-state index contributed by atoms with van der Waals surface area (Å²) in [6.45, 7) is 14.5. The van der Waals surface area contributed by atoms with E-state index in [-0.39, 0.29) is 5.91 Å². The lowest BCUT2D eigenvalue weighted by atomic mass is 9.90. The van der Waals surface area contributed by atoms with Gasteiger partial charge in [0.25, 0.3) is 0 Å². The molecule has 0 aliphatic carbocycles. The standard InChI is InChI=1S/C20H31N3O2.C2H6/c1-4-6-18(5-2)7-8-19(24)22-13-10-20(25,11-14-22)15-23-16-21-12-9-17(23)3;1-2/h4-6,16,25H,3,7-15H2,1-2H3;1-2H3/b6-4-,18-5+;. The Labute approximate surface area is 165 Å². The van der Waals surface area contributed by atoms with Gasteiger partial charge in [0.05, 0.1) is 18.5 Å². The molecule has 5 nitrogen and oxygen atoms in total. The zero-order valence-electron chi connectivity index (χ0n) is 17.6. The fourth-order valence-electron chi connectivity index (χ4n) is 3.32. The van der Waals surface area contributed by atoms with Gasteiger partial charge >= 0.3 is 0 Å². The molecule has 0 atom stereocenters. The number of carbonyl (C=O) groups is 1. The van der Waals surface area contributed by atoms with Crippen LogP contribution in [0.1, 0.15) is 59.8 Å². The lowest BCUT2D eigenvalue weighted by Gasteiger charge is -2.41. The van der Waals surface area contributed by atoms with Gasteiger partial charge in [-0.25, -0.2) is 0 Å². The first kappa shape index (κ1) is 23.2. The minimum Gasteiger partial charge on any atom is -0.388 e. The van der Waals surface area contributed by atoms with Crippen molar-refractivity contribution in [3.8, 4) is 0 Å². The maximum atomic E-state index is 12.4. The Balaban J connectivity index is 0.00000176. The molecular weight excluding hydrogens is 338 g/mol. The van der Waals surface area contributed by atoms with Crippen molar-refractivity contribution >= 4 is 12.2 Å². The van der Waals surface area contributed by atoms with Gasteiger partial charge in [-0.15, -0.1) is 0 Å². The summed E-state index contributed by atoms with van der Waals surface area (Å²) in [6.07, 6.45) is 11.2. The molecule has 0 saturated carbocycles. The van der Waals surface area contributed by atoms with E-state index in [0.717, 1.165) is 25.1 Å². The maximum Gasteiger partial charge on any atom is 0.222 e. The van der Waals surface area contributed by atoms with Gasteiger partial charge in [0.1, 0.15) is 0 Å². The number of β-amino-alcohol motifs (C(OH)–C–C–N with tert-alkyl or cyclic N) is 1. The van der Waals surface area contributed by atoms with Crippen LogP contribution in [-0.2, 0) is 4.79 Å². The second-order valence-electron chi connectivity index (χ2n) is 6.93. The zero-order valence-corrected chi connectivity index (χ0v) is 17.6. The highest BCUT2D eigenvalue weighted by Gasteiger charge is 2.35. The van der Waals surface area contributed by atoms with Crippen LogP contribution in [0, 0.1) is 0 Å². The molecule has 0 spiro atoms. The Morgan fingerprint density at radius 1 is 1.30 bits per heavy atom. The van der Waals surface area contributed by atoms with Crippen LogP contribution in [0.15, 0.2) is 41.1 Å². The van der Waals surface area contributed by atoms with E-state index in [4.69, 9.17) is 0 Å². The molecular formula is C22H37N3O2. The monoisotopic (exact) mass is 375 g/mol. The third kappa shape index (κ3) is 7.33. The van der Waals surface area contributed by atoms with E-state index in [1.54, 1.807) is 6.34 Å². The minimum atomic E-state index is -0.775. The molecule has 2 aliphatic rings. The molecule has 2 heterocycles. The van der Waals surface area contributed by atoms with Crippen molar-refractivity contribution in [2.45, 2.75) is 65.4 Å². The Bertz CT molecular complexity index is 570. The first-order valence-corrected chi connectivity index (χ1v) is 10.2. The predicted octanol–water partition coefficient (Wildman–Crippen LogP) is 3.92. The molecule has 0 aromatic rings. The fraction of sp³-hybridized carbons (Fsp3) is 0.636. The molecule has 2 aliphatic heterocycles. The summed E-state index contributed by atoms with van der Waals surface area (Å²) < 4.78 is 0. The van der Waals surface area contributed by atoms with Crippen molar-refractivity contribution in [3.05, 3.63) is 36.1 Å². The van der Waals surface area contributed by atoms with Gasteiger partial charge in [0.15, 0.2) is 0 Å². The number of likely N-dealkylation sites (tertiary alicyclic amines) is 1. The van der Waals surface area contributed by atoms with Crippen molar-refractivity contribution in [1.82, 2.24) is 9.80 Å². The highest BCUT2D eigenvalue weighted by Crippen LogP contribution is 2.26. The summed E-state index contributed by atoms with van der Waals surface area (Å²) >= 11 is 0. The SMILES string of the molecule is C=C1CCN=CN1CC1(O)CCN(C(=O)CCC(/C=C\C)=C/C)CC1.CC. The zero-order chi connectivity index (χ0) is 20.3. The van der Waals surface area contributed by atoms with E-state index in [1.807, 2.05) is 43.6 Å². The molecule has 0 unspecified atom stereocenters. The maximum absolute atomic E-state index is 12.4. The van der Waals surface area contributed by atoms with E-state index >= 15 is 0 Å². The van der Waals surface area contributed by atoms with Gasteiger partial charge in [0, 0.05) is 38.2 Å². The number of rotatable bonds is 6. The van der Waals surface area contributed by atoms with Gasteiger partial charge in [-0.05, 0) is 33.1 Å². The summed E-state index contributed by atoms with van der Waals surface area (Å²) in [6, 6.07) is 0. The lowest BCUT2D eigenvalue weighted by molar-refractivity contribution is -0.135. The number of aliphatic imine (C=N–C) groups is 1. The molecule has 0 radical (unpaired) electrons. The third-order valence-corrected chi connectivity index (χ3v) is 5.05. The highest BCUT2D eigenvalue weighted by molar-refractivity contribution is 5.76. The van der Waals surface area contributed by atoms with E-state index in [0.29, 0.717) is 38.9 Å². The second kappa shape index (κ2) is 11.8. The quantitative estimate of drug-likeness (QED) is 0.716. The first-order valence-electron chi connectivity index (χ1n) is 10.2. The van der Waals surface area contributed by atoms with Crippen molar-refractivity contribution < 1.29 is 9.90 Å². The van der Waals surface area contributed by atoms with E-state index < -0.39 is 5.60 Å². The van der Waals surface area contributed by atoms with E-state index in [9.17, 15) is 9.90 Å². The molecule has 1 N–H and O–H groups in total. The van der Waals surface area contributed by atoms with Crippen LogP contribution >= 0.6 is 0 Å². The largest absolute Gasteiger partial charge is 0.388 e. The van der Waals surface area contributed by atoms with Crippen LogP contribution in [0.3, 0.4) is 0 Å². The Morgan fingerprint density at radius 2 is 1.96 bits per heavy atom. The topological polar surface area (TPSA) is 56.1 Å². The Kier molecular flexibility index (Phi) is 10.1. The number of piperidine rings is 1. The molecule has 0 bridgehead atoms. The summed E-state index contributed by atoms with van der Waals surface area (Å²) in [5.41, 5.74) is 1.42. The van der Waals surface area contributed by atoms with Crippen molar-refractivity contribution in [3.63, 3.8) is 0 Å². The Morgan fingerprint density at radius 3 is 2.52 bits per heavy atom. The number of carbonyl (C=O) groups excluding carboxylic acids is 1. The average Bonchev–Trinajstić information content (AvgIpc) is 2.68. The normalized spacial score (nSPS) is 19.9. The lowest BCUT2D eigenvalue weighted by Crippen LogP contribution is -2.52. The highest BCUT2D eigenvalue weighted by atomic mass is 16.3. The van der Waals surface area contributed by atoms with Crippen molar-refractivity contribution in [1.29, 1.82) is 0 Å². The first-order chi connectivity index (χ1) is 13.0. The molecule has 27 heavy (non-hydrogen) atoms. The fourth-order valence-corrected chi connectivity index (χ4v) is 3.32. The summed E-state index contributed by atoms with van der Waals surface area (Å²) in [5, 5.41) is 10.9. The van der Waals surface area contributed by atoms with Gasteiger partial charge in [0.2, 0.25) is 5.91 Å². The van der Waals surface area contributed by atoms with Gasteiger partial charge in [-0.3, -0.25) is 9.79 Å². The third-order valence-electron chi connectivity index (χ3n) is 5.05. The minimum absolute atomic E-state index is 0.176. The molecule has 5 heteroatoms. The number of nitrogens with zero attached hydrogens (tertiary/aromatic N) is 3. The van der Waals surface area contributed by atoms with Gasteiger partial charge in [-0.1, -0.05) is 44.2 Å². The van der Waals surface area contributed by atoms with Crippen LogP contribution < -0.4 is 0 Å². The molecule has 1 amide bonds. The van der Waals surface area contributed by atoms with Crippen LogP contribution in [-0.4, -0.2) is 58.9 Å². The van der Waals surface area contributed by atoms with Crippen LogP contribution in [0.25, 0.3) is 0 Å². The number of hydrogen-bond donors (Lipinski definition) is 1. The van der Waals surface area contributed by atoms with E-state index in [1.165, 1.54) is 5.57 Å². The molecule has 152 valence electrons. The van der Waals surface area contributed by atoms with Crippen LogP contribution in [0.4, 0.5) is 0 Å². The van der Waals surface area contributed by atoms with Crippen LogP contribution in [0.2, 0.25) is 0 Å². The number of aliphatic hydroxyl groups is 1. The Hall–Kier alpha value is -1.88. The summed E-state index contributed by atoms with van der Waals surface area (Å²) in [4.78, 5) is 20.5. The number of allylic oxidation sites excluding steroid dienone is 4.